The van der Waals surface area contributed by atoms with Gasteiger partial charge in [-0.15, -0.1) is 0 Å². The first-order valence-corrected chi connectivity index (χ1v) is 5.63. The maximum absolute atomic E-state index is 6.06. The molecule has 2 aromatic rings. The first-order chi connectivity index (χ1) is 7.68. The predicted octanol–water partition coefficient (Wildman–Crippen LogP) is 4.06. The lowest BCUT2D eigenvalue weighted by molar-refractivity contribution is 0.870. The molecule has 16 heavy (non-hydrogen) atoms. The van der Waals surface area contributed by atoms with E-state index >= 15 is 0 Å². The molecule has 2 N–H and O–H groups in total. The summed E-state index contributed by atoms with van der Waals surface area (Å²) in [7, 11) is 0. The molecule has 0 aliphatic heterocycles. The molecule has 0 aliphatic carbocycles. The van der Waals surface area contributed by atoms with Crippen LogP contribution in [0.25, 0.3) is 11.1 Å². The maximum Gasteiger partial charge on any atom is 0.0355 e. The second-order valence-corrected chi connectivity index (χ2v) is 4.36. The van der Waals surface area contributed by atoms with Gasteiger partial charge in [-0.1, -0.05) is 56.3 Å². The highest BCUT2D eigenvalue weighted by Gasteiger charge is 2.05. The summed E-state index contributed by atoms with van der Waals surface area (Å²) in [5.74, 6) is 0.477. The summed E-state index contributed by atoms with van der Waals surface area (Å²) in [6, 6.07) is 16.6. The average Bonchev–Trinajstić information content (AvgIpc) is 2.29. The summed E-state index contributed by atoms with van der Waals surface area (Å²) in [6.07, 6.45) is 0. The van der Waals surface area contributed by atoms with E-state index in [-0.39, 0.29) is 0 Å². The van der Waals surface area contributed by atoms with Crippen molar-refractivity contribution in [1.29, 1.82) is 0 Å². The van der Waals surface area contributed by atoms with Crippen molar-refractivity contribution in [2.24, 2.45) is 0 Å². The zero-order chi connectivity index (χ0) is 11.5. The van der Waals surface area contributed by atoms with Crippen LogP contribution in [0.2, 0.25) is 0 Å². The van der Waals surface area contributed by atoms with Crippen LogP contribution in [0, 0.1) is 0 Å². The number of benzene rings is 2. The lowest BCUT2D eigenvalue weighted by Gasteiger charge is -2.11. The molecule has 0 fully saturated rings. The van der Waals surface area contributed by atoms with E-state index in [2.05, 4.69) is 44.2 Å². The SMILES string of the molecule is CC(C)c1ccc(-c2ccccc2)cc1N. The molecule has 0 amide bonds. The van der Waals surface area contributed by atoms with Crippen molar-refractivity contribution in [3.63, 3.8) is 0 Å². The molecular formula is C15H17N. The van der Waals surface area contributed by atoms with Gasteiger partial charge in [0.25, 0.3) is 0 Å². The fraction of sp³-hybridized carbons (Fsp3) is 0.200. The molecule has 82 valence electrons. The first-order valence-electron chi connectivity index (χ1n) is 5.63. The van der Waals surface area contributed by atoms with Gasteiger partial charge in [0.1, 0.15) is 0 Å². The standard InChI is InChI=1S/C15H17N/c1-11(2)14-9-8-13(10-15(14)16)12-6-4-3-5-7-12/h3-11H,16H2,1-2H3. The van der Waals surface area contributed by atoms with Crippen molar-refractivity contribution in [3.8, 4) is 11.1 Å². The largest absolute Gasteiger partial charge is 0.398 e. The smallest absolute Gasteiger partial charge is 0.0355 e. The van der Waals surface area contributed by atoms with Crippen LogP contribution >= 0.6 is 0 Å². The van der Waals surface area contributed by atoms with Crippen LogP contribution in [0.1, 0.15) is 25.3 Å². The van der Waals surface area contributed by atoms with Crippen molar-refractivity contribution in [2.45, 2.75) is 19.8 Å². The summed E-state index contributed by atoms with van der Waals surface area (Å²) in [6.45, 7) is 4.32. The van der Waals surface area contributed by atoms with Gasteiger partial charge in [0.15, 0.2) is 0 Å². The number of hydrogen-bond acceptors (Lipinski definition) is 1. The van der Waals surface area contributed by atoms with Crippen LogP contribution in [-0.2, 0) is 0 Å². The molecule has 0 aromatic heterocycles. The maximum atomic E-state index is 6.06. The van der Waals surface area contributed by atoms with E-state index < -0.39 is 0 Å². The van der Waals surface area contributed by atoms with E-state index in [4.69, 9.17) is 5.73 Å². The molecule has 0 atom stereocenters. The minimum Gasteiger partial charge on any atom is -0.398 e. The zero-order valence-corrected chi connectivity index (χ0v) is 9.77. The molecule has 0 bridgehead atoms. The molecule has 0 heterocycles. The van der Waals surface area contributed by atoms with Crippen LogP contribution in [0.3, 0.4) is 0 Å². The van der Waals surface area contributed by atoms with E-state index in [9.17, 15) is 0 Å². The summed E-state index contributed by atoms with van der Waals surface area (Å²) in [4.78, 5) is 0. The normalized spacial score (nSPS) is 10.7. The molecule has 1 nitrogen and oxygen atoms in total. The van der Waals surface area contributed by atoms with Gasteiger partial charge in [-0.2, -0.15) is 0 Å². The second-order valence-electron chi connectivity index (χ2n) is 4.36. The van der Waals surface area contributed by atoms with Crippen molar-refractivity contribution in [2.75, 3.05) is 5.73 Å². The van der Waals surface area contributed by atoms with Crippen LogP contribution in [-0.4, -0.2) is 0 Å². The molecule has 0 spiro atoms. The Labute approximate surface area is 96.9 Å². The Hall–Kier alpha value is -1.76. The minimum atomic E-state index is 0.477. The van der Waals surface area contributed by atoms with Crippen molar-refractivity contribution >= 4 is 5.69 Å². The number of hydrogen-bond donors (Lipinski definition) is 1. The lowest BCUT2D eigenvalue weighted by atomic mass is 9.97. The van der Waals surface area contributed by atoms with E-state index in [0.29, 0.717) is 5.92 Å². The van der Waals surface area contributed by atoms with Crippen molar-refractivity contribution in [3.05, 3.63) is 54.1 Å². The summed E-state index contributed by atoms with van der Waals surface area (Å²) in [5, 5.41) is 0. The topological polar surface area (TPSA) is 26.0 Å². The van der Waals surface area contributed by atoms with Gasteiger partial charge < -0.3 is 5.73 Å². The number of nitrogen functional groups attached to an aromatic ring is 1. The van der Waals surface area contributed by atoms with Gasteiger partial charge in [0.05, 0.1) is 0 Å². The fourth-order valence-electron chi connectivity index (χ4n) is 1.91. The van der Waals surface area contributed by atoms with Crippen LogP contribution in [0.15, 0.2) is 48.5 Å². The minimum absolute atomic E-state index is 0.477. The highest BCUT2D eigenvalue weighted by Crippen LogP contribution is 2.27. The molecule has 0 saturated heterocycles. The Morgan fingerprint density at radius 2 is 1.56 bits per heavy atom. The second kappa shape index (κ2) is 4.40. The van der Waals surface area contributed by atoms with Gasteiger partial charge in [0.2, 0.25) is 0 Å². The lowest BCUT2D eigenvalue weighted by Crippen LogP contribution is -1.96. The van der Waals surface area contributed by atoms with Crippen LogP contribution < -0.4 is 5.73 Å². The van der Waals surface area contributed by atoms with E-state index in [0.717, 1.165) is 5.69 Å². The number of rotatable bonds is 2. The van der Waals surface area contributed by atoms with Gasteiger partial charge in [-0.3, -0.25) is 0 Å². The van der Waals surface area contributed by atoms with Crippen LogP contribution in [0.5, 0.6) is 0 Å². The molecule has 0 unspecified atom stereocenters. The quantitative estimate of drug-likeness (QED) is 0.745. The Bertz CT molecular complexity index is 472. The first kappa shape index (κ1) is 10.7. The highest BCUT2D eigenvalue weighted by atomic mass is 14.6. The summed E-state index contributed by atoms with van der Waals surface area (Å²) in [5.41, 5.74) is 10.6. The number of nitrogens with two attached hydrogens (primary N) is 1. The third-order valence-corrected chi connectivity index (χ3v) is 2.82. The number of anilines is 1. The van der Waals surface area contributed by atoms with Gasteiger partial charge in [-0.05, 0) is 28.7 Å². The molecule has 0 saturated carbocycles. The van der Waals surface area contributed by atoms with Gasteiger partial charge in [-0.25, -0.2) is 0 Å². The van der Waals surface area contributed by atoms with E-state index in [1.165, 1.54) is 16.7 Å². The molecule has 1 heteroatoms. The Kier molecular flexibility index (Phi) is 2.95. The molecule has 2 rings (SSSR count). The van der Waals surface area contributed by atoms with E-state index in [1.54, 1.807) is 0 Å². The fourth-order valence-corrected chi connectivity index (χ4v) is 1.91. The van der Waals surface area contributed by atoms with Crippen molar-refractivity contribution < 1.29 is 0 Å². The van der Waals surface area contributed by atoms with Gasteiger partial charge in [0, 0.05) is 5.69 Å². The summed E-state index contributed by atoms with van der Waals surface area (Å²) >= 11 is 0. The Balaban J connectivity index is 2.43. The highest BCUT2D eigenvalue weighted by molar-refractivity contribution is 5.69. The average molecular weight is 211 g/mol. The molecule has 2 aromatic carbocycles. The molecule has 0 aliphatic rings. The van der Waals surface area contributed by atoms with Crippen molar-refractivity contribution in [1.82, 2.24) is 0 Å². The predicted molar refractivity (Wildman–Crippen MR) is 70.4 cm³/mol. The van der Waals surface area contributed by atoms with E-state index in [1.807, 2.05) is 18.2 Å². The van der Waals surface area contributed by atoms with Crippen LogP contribution in [0.4, 0.5) is 5.69 Å². The summed E-state index contributed by atoms with van der Waals surface area (Å²) < 4.78 is 0. The van der Waals surface area contributed by atoms with Gasteiger partial charge >= 0.3 is 0 Å². The Morgan fingerprint density at radius 1 is 0.875 bits per heavy atom. The third kappa shape index (κ3) is 2.08. The molecular weight excluding hydrogens is 194 g/mol. The third-order valence-electron chi connectivity index (χ3n) is 2.82. The zero-order valence-electron chi connectivity index (χ0n) is 9.77. The monoisotopic (exact) mass is 211 g/mol. The molecule has 0 radical (unpaired) electrons. The Morgan fingerprint density at radius 3 is 2.12 bits per heavy atom.